The summed E-state index contributed by atoms with van der Waals surface area (Å²) in [6.45, 7) is -0.572. The van der Waals surface area contributed by atoms with Gasteiger partial charge in [-0.15, -0.1) is 0 Å². The van der Waals surface area contributed by atoms with Crippen molar-refractivity contribution in [2.45, 2.75) is 9.79 Å². The largest absolute Gasteiger partial charge is 0.507 e. The summed E-state index contributed by atoms with van der Waals surface area (Å²) in [4.78, 5) is 14.2. The molecule has 1 aromatic heterocycles. The number of rotatable bonds is 6. The minimum Gasteiger partial charge on any atom is -0.507 e. The molecule has 1 unspecified atom stereocenters. The molecule has 150 valence electrons. The Kier molecular flexibility index (Phi) is 6.36. The highest BCUT2D eigenvalue weighted by Gasteiger charge is 2.24. The van der Waals surface area contributed by atoms with Crippen LogP contribution in [0.15, 0.2) is 58.3 Å². The second kappa shape index (κ2) is 8.77. The molecule has 0 amide bonds. The fourth-order valence-electron chi connectivity index (χ4n) is 2.53. The maximum Gasteiger partial charge on any atom is 0.322 e. The molecule has 0 saturated carbocycles. The van der Waals surface area contributed by atoms with Crippen LogP contribution in [0.25, 0.3) is 11.1 Å². The number of benzene rings is 2. The van der Waals surface area contributed by atoms with Crippen molar-refractivity contribution in [3.05, 3.63) is 64.5 Å². The third-order valence-electron chi connectivity index (χ3n) is 3.86. The zero-order valence-electron chi connectivity index (χ0n) is 14.5. The van der Waals surface area contributed by atoms with Crippen molar-refractivity contribution in [1.29, 1.82) is 0 Å². The van der Waals surface area contributed by atoms with Crippen LogP contribution >= 0.6 is 23.2 Å². The maximum atomic E-state index is 14.2. The van der Waals surface area contributed by atoms with Crippen molar-refractivity contribution < 1.29 is 23.6 Å². The van der Waals surface area contributed by atoms with Crippen LogP contribution in [0.3, 0.4) is 0 Å². The number of pyridine rings is 1. The third-order valence-corrected chi connectivity index (χ3v) is 6.26. The average molecular weight is 455 g/mol. The van der Waals surface area contributed by atoms with Crippen molar-refractivity contribution >= 4 is 45.8 Å². The van der Waals surface area contributed by atoms with E-state index in [1.165, 1.54) is 18.2 Å². The molecule has 0 spiro atoms. The van der Waals surface area contributed by atoms with Gasteiger partial charge in [-0.1, -0.05) is 53.5 Å². The summed E-state index contributed by atoms with van der Waals surface area (Å²) >= 11 is 12.1. The Bertz CT molecular complexity index is 1110. The number of carbonyl (C=O) groups is 1. The molecular formula is C19H13Cl2FN2O4S. The number of hydrogen-bond donors (Lipinski definition) is 3. The van der Waals surface area contributed by atoms with Gasteiger partial charge in [-0.2, -0.15) is 9.37 Å². The number of carboxylic acid groups (broad SMARTS) is 1. The van der Waals surface area contributed by atoms with Crippen LogP contribution in [-0.4, -0.2) is 31.9 Å². The zero-order valence-corrected chi connectivity index (χ0v) is 16.9. The molecule has 10 heteroatoms. The standard InChI is InChI=1S/C19H13Cl2FN2O4S/c20-15-17(16(21)19(24-18(15)22)23-9-14(26)27)29(28)11-6-7-13(25)12(8-11)10-4-2-1-3-5-10/h1-8,25H,9H2,(H,23,24)(H,26,27). The van der Waals surface area contributed by atoms with Crippen LogP contribution in [0.5, 0.6) is 5.75 Å². The van der Waals surface area contributed by atoms with E-state index in [1.54, 1.807) is 24.3 Å². The molecule has 1 heterocycles. The molecule has 3 N–H and O–H groups in total. The number of phenolic OH excluding ortho intramolecular Hbond substituents is 1. The number of hydrogen-bond acceptors (Lipinski definition) is 5. The molecule has 2 aromatic carbocycles. The van der Waals surface area contributed by atoms with E-state index in [0.717, 1.165) is 0 Å². The molecule has 0 aliphatic heterocycles. The highest BCUT2D eigenvalue weighted by molar-refractivity contribution is 7.85. The number of halogens is 3. The molecule has 0 bridgehead atoms. The summed E-state index contributed by atoms with van der Waals surface area (Å²) in [5, 5.41) is 20.5. The Morgan fingerprint density at radius 1 is 1.14 bits per heavy atom. The van der Waals surface area contributed by atoms with Gasteiger partial charge in [0.15, 0.2) is 0 Å². The molecule has 0 aliphatic carbocycles. The van der Waals surface area contributed by atoms with Gasteiger partial charge in [0.1, 0.15) is 28.2 Å². The first-order valence-electron chi connectivity index (χ1n) is 8.10. The second-order valence-electron chi connectivity index (χ2n) is 5.77. The highest BCUT2D eigenvalue weighted by atomic mass is 35.5. The topological polar surface area (TPSA) is 99.5 Å². The maximum absolute atomic E-state index is 14.2. The van der Waals surface area contributed by atoms with Crippen molar-refractivity contribution in [3.8, 4) is 16.9 Å². The predicted octanol–water partition coefficient (Wildman–Crippen LogP) is 4.56. The lowest BCUT2D eigenvalue weighted by molar-refractivity contribution is -0.134. The van der Waals surface area contributed by atoms with Crippen LogP contribution < -0.4 is 5.32 Å². The lowest BCUT2D eigenvalue weighted by Crippen LogP contribution is -2.15. The van der Waals surface area contributed by atoms with E-state index < -0.39 is 34.3 Å². The van der Waals surface area contributed by atoms with Crippen LogP contribution in [0.2, 0.25) is 10.0 Å². The molecule has 0 radical (unpaired) electrons. The van der Waals surface area contributed by atoms with Gasteiger partial charge in [0.2, 0.25) is 5.95 Å². The van der Waals surface area contributed by atoms with Gasteiger partial charge in [-0.05, 0) is 23.8 Å². The fraction of sp³-hybridized carbons (Fsp3) is 0.0526. The van der Waals surface area contributed by atoms with E-state index in [0.29, 0.717) is 11.1 Å². The van der Waals surface area contributed by atoms with Gasteiger partial charge in [0.05, 0.1) is 15.7 Å². The van der Waals surface area contributed by atoms with E-state index in [1.807, 2.05) is 6.07 Å². The first-order valence-corrected chi connectivity index (χ1v) is 10.0. The number of nitrogens with one attached hydrogen (secondary N) is 1. The van der Waals surface area contributed by atoms with Gasteiger partial charge < -0.3 is 15.5 Å². The van der Waals surface area contributed by atoms with Crippen molar-refractivity contribution in [2.75, 3.05) is 11.9 Å². The van der Waals surface area contributed by atoms with Gasteiger partial charge in [-0.3, -0.25) is 4.79 Å². The van der Waals surface area contributed by atoms with E-state index >= 15 is 0 Å². The minimum atomic E-state index is -2.04. The van der Waals surface area contributed by atoms with E-state index in [9.17, 15) is 18.5 Å². The number of nitrogens with zero attached hydrogens (tertiary/aromatic N) is 1. The molecule has 29 heavy (non-hydrogen) atoms. The molecule has 0 fully saturated rings. The van der Waals surface area contributed by atoms with Crippen LogP contribution in [-0.2, 0) is 15.6 Å². The van der Waals surface area contributed by atoms with Gasteiger partial charge in [0, 0.05) is 10.5 Å². The SMILES string of the molecule is O=C(O)CNc1nc(F)c(Cl)c(S(=O)c2ccc(O)c(-c3ccccc3)c2)c1Cl. The Hall–Kier alpha value is -2.68. The van der Waals surface area contributed by atoms with Crippen LogP contribution in [0, 0.1) is 5.95 Å². The summed E-state index contributed by atoms with van der Waals surface area (Å²) in [6, 6.07) is 13.1. The zero-order chi connectivity index (χ0) is 21.1. The highest BCUT2D eigenvalue weighted by Crippen LogP contribution is 2.38. The summed E-state index contributed by atoms with van der Waals surface area (Å²) in [5.74, 6) is -2.68. The summed E-state index contributed by atoms with van der Waals surface area (Å²) in [5.41, 5.74) is 1.10. The first kappa shape index (κ1) is 21.0. The first-order chi connectivity index (χ1) is 13.8. The van der Waals surface area contributed by atoms with E-state index in [-0.39, 0.29) is 26.4 Å². The normalized spacial score (nSPS) is 11.8. The van der Waals surface area contributed by atoms with Crippen molar-refractivity contribution in [1.82, 2.24) is 4.98 Å². The Balaban J connectivity index is 2.08. The molecule has 3 rings (SSSR count). The number of aromatic hydroxyl groups is 1. The summed E-state index contributed by atoms with van der Waals surface area (Å²) in [7, 11) is -2.04. The Morgan fingerprint density at radius 2 is 1.83 bits per heavy atom. The molecule has 0 aliphatic rings. The van der Waals surface area contributed by atoms with Crippen LogP contribution in [0.1, 0.15) is 0 Å². The minimum absolute atomic E-state index is 0.0288. The molecule has 1 atom stereocenters. The average Bonchev–Trinajstić information content (AvgIpc) is 2.70. The number of anilines is 1. The van der Waals surface area contributed by atoms with Crippen molar-refractivity contribution in [3.63, 3.8) is 0 Å². The molecule has 6 nitrogen and oxygen atoms in total. The fourth-order valence-corrected chi connectivity index (χ4v) is 4.50. The second-order valence-corrected chi connectivity index (χ2v) is 7.94. The quantitative estimate of drug-likeness (QED) is 0.472. The Labute approximate surface area is 177 Å². The monoisotopic (exact) mass is 454 g/mol. The molecule has 0 saturated heterocycles. The number of aliphatic carboxylic acids is 1. The number of carboxylic acids is 1. The van der Waals surface area contributed by atoms with E-state index in [2.05, 4.69) is 10.3 Å². The van der Waals surface area contributed by atoms with Crippen molar-refractivity contribution in [2.24, 2.45) is 0 Å². The van der Waals surface area contributed by atoms with Crippen LogP contribution in [0.4, 0.5) is 10.2 Å². The van der Waals surface area contributed by atoms with Gasteiger partial charge in [-0.25, -0.2) is 4.21 Å². The molecule has 3 aromatic rings. The number of phenols is 1. The number of aromatic nitrogens is 1. The lowest BCUT2D eigenvalue weighted by Gasteiger charge is -2.13. The smallest absolute Gasteiger partial charge is 0.322 e. The van der Waals surface area contributed by atoms with Gasteiger partial charge >= 0.3 is 5.97 Å². The van der Waals surface area contributed by atoms with E-state index in [4.69, 9.17) is 28.3 Å². The predicted molar refractivity (Wildman–Crippen MR) is 109 cm³/mol. The summed E-state index contributed by atoms with van der Waals surface area (Å²) in [6.07, 6.45) is 0. The Morgan fingerprint density at radius 3 is 2.48 bits per heavy atom. The third kappa shape index (κ3) is 4.50. The lowest BCUT2D eigenvalue weighted by atomic mass is 10.1. The summed E-state index contributed by atoms with van der Waals surface area (Å²) < 4.78 is 27.3. The van der Waals surface area contributed by atoms with Gasteiger partial charge in [0.25, 0.3) is 0 Å². The molecular weight excluding hydrogens is 442 g/mol.